The first kappa shape index (κ1) is 10.2. The summed E-state index contributed by atoms with van der Waals surface area (Å²) in [5, 5.41) is 16.0. The number of aromatic amines is 1. The quantitative estimate of drug-likeness (QED) is 0.750. The van der Waals surface area contributed by atoms with Crippen LogP contribution in [0.1, 0.15) is 10.4 Å². The van der Waals surface area contributed by atoms with Crippen molar-refractivity contribution in [2.75, 3.05) is 7.11 Å². The number of esters is 1. The molecule has 0 amide bonds. The van der Waals surface area contributed by atoms with Crippen LogP contribution in [0.25, 0.3) is 11.1 Å². The number of H-pyrrole nitrogens is 1. The molecule has 0 aliphatic heterocycles. The number of carbonyl (C=O) groups is 1. The lowest BCUT2D eigenvalue weighted by Crippen LogP contribution is -2.01. The number of ether oxygens (including phenoxy) is 1. The van der Waals surface area contributed by atoms with E-state index in [9.17, 15) is 9.90 Å². The van der Waals surface area contributed by atoms with Gasteiger partial charge < -0.3 is 9.84 Å². The first-order valence-corrected chi connectivity index (χ1v) is 4.63. The number of hydrogen-bond acceptors (Lipinski definition) is 4. The monoisotopic (exact) mass is 218 g/mol. The van der Waals surface area contributed by atoms with E-state index in [4.69, 9.17) is 0 Å². The minimum Gasteiger partial charge on any atom is -0.507 e. The summed E-state index contributed by atoms with van der Waals surface area (Å²) in [6.45, 7) is 0. The summed E-state index contributed by atoms with van der Waals surface area (Å²) in [5.74, 6) is -0.665. The molecule has 1 aromatic heterocycles. The third-order valence-electron chi connectivity index (χ3n) is 2.23. The van der Waals surface area contributed by atoms with Gasteiger partial charge in [0.2, 0.25) is 0 Å². The Kier molecular flexibility index (Phi) is 2.59. The zero-order chi connectivity index (χ0) is 11.5. The Labute approximate surface area is 91.7 Å². The number of phenolic OH excluding ortho intramolecular Hbond substituents is 1. The SMILES string of the molecule is COC(=O)c1cc(-c2cn[nH]c2)ccc1O. The Morgan fingerprint density at radius 1 is 1.44 bits per heavy atom. The van der Waals surface area contributed by atoms with E-state index in [1.54, 1.807) is 24.5 Å². The molecule has 0 atom stereocenters. The summed E-state index contributed by atoms with van der Waals surface area (Å²) in [4.78, 5) is 11.4. The molecular formula is C11H10N2O3. The van der Waals surface area contributed by atoms with Crippen LogP contribution >= 0.6 is 0 Å². The maximum Gasteiger partial charge on any atom is 0.341 e. The number of benzene rings is 1. The molecule has 1 aromatic carbocycles. The highest BCUT2D eigenvalue weighted by Crippen LogP contribution is 2.25. The zero-order valence-electron chi connectivity index (χ0n) is 8.60. The molecule has 1 heterocycles. The van der Waals surface area contributed by atoms with Gasteiger partial charge in [0.15, 0.2) is 0 Å². The fraction of sp³-hybridized carbons (Fsp3) is 0.0909. The largest absolute Gasteiger partial charge is 0.507 e. The van der Waals surface area contributed by atoms with Gasteiger partial charge in [-0.3, -0.25) is 5.10 Å². The van der Waals surface area contributed by atoms with Crippen LogP contribution in [-0.4, -0.2) is 28.4 Å². The standard InChI is InChI=1S/C11H10N2O3/c1-16-11(15)9-4-7(2-3-10(9)14)8-5-12-13-6-8/h2-6,14H,1H3,(H,12,13). The third kappa shape index (κ3) is 1.75. The van der Waals surface area contributed by atoms with E-state index in [1.165, 1.54) is 13.2 Å². The lowest BCUT2D eigenvalue weighted by atomic mass is 10.1. The van der Waals surface area contributed by atoms with E-state index in [1.807, 2.05) is 0 Å². The van der Waals surface area contributed by atoms with Crippen LogP contribution in [0.15, 0.2) is 30.6 Å². The second-order valence-electron chi connectivity index (χ2n) is 3.21. The van der Waals surface area contributed by atoms with Crippen LogP contribution in [0.4, 0.5) is 0 Å². The van der Waals surface area contributed by atoms with Gasteiger partial charge in [-0.1, -0.05) is 6.07 Å². The highest BCUT2D eigenvalue weighted by Gasteiger charge is 2.12. The molecule has 0 unspecified atom stereocenters. The average Bonchev–Trinajstić information content (AvgIpc) is 2.82. The summed E-state index contributed by atoms with van der Waals surface area (Å²) in [6.07, 6.45) is 3.33. The van der Waals surface area contributed by atoms with Gasteiger partial charge in [0, 0.05) is 11.8 Å². The van der Waals surface area contributed by atoms with Crippen molar-refractivity contribution in [3.63, 3.8) is 0 Å². The first-order valence-electron chi connectivity index (χ1n) is 4.63. The fourth-order valence-corrected chi connectivity index (χ4v) is 1.40. The Bertz CT molecular complexity index is 506. The minimum atomic E-state index is -0.567. The van der Waals surface area contributed by atoms with E-state index >= 15 is 0 Å². The molecule has 0 fully saturated rings. The molecule has 5 heteroatoms. The van der Waals surface area contributed by atoms with Gasteiger partial charge in [-0.05, 0) is 17.7 Å². The Balaban J connectivity index is 2.47. The van der Waals surface area contributed by atoms with Crippen LogP contribution in [0, 0.1) is 0 Å². The molecule has 0 bridgehead atoms. The number of hydrogen-bond donors (Lipinski definition) is 2. The van der Waals surface area contributed by atoms with E-state index in [-0.39, 0.29) is 11.3 Å². The summed E-state index contributed by atoms with van der Waals surface area (Å²) in [7, 11) is 1.27. The van der Waals surface area contributed by atoms with Crippen LogP contribution in [0.5, 0.6) is 5.75 Å². The predicted molar refractivity (Wildman–Crippen MR) is 57.0 cm³/mol. The molecule has 82 valence electrons. The number of aromatic hydroxyl groups is 1. The number of methoxy groups -OCH3 is 1. The van der Waals surface area contributed by atoms with Crippen molar-refractivity contribution in [1.29, 1.82) is 0 Å². The number of phenols is 1. The predicted octanol–water partition coefficient (Wildman–Crippen LogP) is 1.57. The number of aromatic nitrogens is 2. The summed E-state index contributed by atoms with van der Waals surface area (Å²) < 4.78 is 4.57. The zero-order valence-corrected chi connectivity index (χ0v) is 8.60. The van der Waals surface area contributed by atoms with E-state index in [2.05, 4.69) is 14.9 Å². The van der Waals surface area contributed by atoms with Crippen LogP contribution < -0.4 is 0 Å². The lowest BCUT2D eigenvalue weighted by molar-refractivity contribution is 0.0597. The summed E-state index contributed by atoms with van der Waals surface area (Å²) in [5.41, 5.74) is 1.76. The van der Waals surface area contributed by atoms with Crippen molar-refractivity contribution in [1.82, 2.24) is 10.2 Å². The summed E-state index contributed by atoms with van der Waals surface area (Å²) in [6, 6.07) is 4.72. The third-order valence-corrected chi connectivity index (χ3v) is 2.23. The molecular weight excluding hydrogens is 208 g/mol. The maximum absolute atomic E-state index is 11.4. The number of rotatable bonds is 2. The van der Waals surface area contributed by atoms with Gasteiger partial charge in [0.05, 0.1) is 13.3 Å². The lowest BCUT2D eigenvalue weighted by Gasteiger charge is -2.04. The van der Waals surface area contributed by atoms with Crippen molar-refractivity contribution in [2.24, 2.45) is 0 Å². The van der Waals surface area contributed by atoms with Crippen LogP contribution in [-0.2, 0) is 4.74 Å². The molecule has 5 nitrogen and oxygen atoms in total. The molecule has 2 N–H and O–H groups in total. The van der Waals surface area contributed by atoms with Gasteiger partial charge in [-0.2, -0.15) is 5.10 Å². The highest BCUT2D eigenvalue weighted by atomic mass is 16.5. The molecule has 16 heavy (non-hydrogen) atoms. The van der Waals surface area contributed by atoms with Gasteiger partial charge >= 0.3 is 5.97 Å². The molecule has 0 saturated heterocycles. The van der Waals surface area contributed by atoms with Crippen LogP contribution in [0.2, 0.25) is 0 Å². The van der Waals surface area contributed by atoms with Crippen LogP contribution in [0.3, 0.4) is 0 Å². The molecule has 0 spiro atoms. The smallest absolute Gasteiger partial charge is 0.341 e. The van der Waals surface area contributed by atoms with Crippen molar-refractivity contribution in [3.8, 4) is 16.9 Å². The minimum absolute atomic E-state index is 0.0981. The van der Waals surface area contributed by atoms with E-state index in [0.717, 1.165) is 11.1 Å². The molecule has 2 aromatic rings. The summed E-state index contributed by atoms with van der Waals surface area (Å²) >= 11 is 0. The molecule has 0 aliphatic rings. The van der Waals surface area contributed by atoms with Crippen molar-refractivity contribution < 1.29 is 14.6 Å². The average molecular weight is 218 g/mol. The Hall–Kier alpha value is -2.30. The van der Waals surface area contributed by atoms with Crippen molar-refractivity contribution >= 4 is 5.97 Å². The Morgan fingerprint density at radius 2 is 2.25 bits per heavy atom. The highest BCUT2D eigenvalue weighted by molar-refractivity contribution is 5.93. The maximum atomic E-state index is 11.4. The second kappa shape index (κ2) is 4.06. The fourth-order valence-electron chi connectivity index (χ4n) is 1.40. The number of nitrogens with zero attached hydrogens (tertiary/aromatic N) is 1. The van der Waals surface area contributed by atoms with Gasteiger partial charge in [0.25, 0.3) is 0 Å². The second-order valence-corrected chi connectivity index (χ2v) is 3.21. The van der Waals surface area contributed by atoms with Crippen molar-refractivity contribution in [3.05, 3.63) is 36.2 Å². The molecule has 0 aliphatic carbocycles. The van der Waals surface area contributed by atoms with E-state index < -0.39 is 5.97 Å². The van der Waals surface area contributed by atoms with Gasteiger partial charge in [0.1, 0.15) is 11.3 Å². The topological polar surface area (TPSA) is 75.2 Å². The van der Waals surface area contributed by atoms with Crippen molar-refractivity contribution in [2.45, 2.75) is 0 Å². The number of nitrogens with one attached hydrogen (secondary N) is 1. The normalized spacial score (nSPS) is 10.1. The molecule has 2 rings (SSSR count). The van der Waals surface area contributed by atoms with E-state index in [0.29, 0.717) is 0 Å². The van der Waals surface area contributed by atoms with Gasteiger partial charge in [-0.25, -0.2) is 4.79 Å². The number of carbonyl (C=O) groups excluding carboxylic acids is 1. The first-order chi connectivity index (χ1) is 7.72. The molecule has 0 radical (unpaired) electrons. The molecule has 0 saturated carbocycles. The van der Waals surface area contributed by atoms with Gasteiger partial charge in [-0.15, -0.1) is 0 Å². The Morgan fingerprint density at radius 3 is 2.88 bits per heavy atom.